The summed E-state index contributed by atoms with van der Waals surface area (Å²) in [7, 11) is 0. The Morgan fingerprint density at radius 2 is 2.33 bits per heavy atom. The van der Waals surface area contributed by atoms with Crippen molar-refractivity contribution in [2.75, 3.05) is 6.61 Å². The normalized spacial score (nSPS) is 28.8. The zero-order valence-corrected chi connectivity index (χ0v) is 8.81. The van der Waals surface area contributed by atoms with Crippen LogP contribution in [0.4, 0.5) is 4.79 Å². The molecule has 1 aliphatic carbocycles. The van der Waals surface area contributed by atoms with Crippen molar-refractivity contribution in [2.24, 2.45) is 5.92 Å². The summed E-state index contributed by atoms with van der Waals surface area (Å²) in [5.74, 6) is -0.500. The maximum absolute atomic E-state index is 10.9. The molecule has 82 valence electrons. The maximum atomic E-state index is 10.9. The average Bonchev–Trinajstić information content (AvgIpc) is 2.16. The predicted molar refractivity (Wildman–Crippen MR) is 54.4 cm³/mol. The van der Waals surface area contributed by atoms with Gasteiger partial charge in [0.05, 0.1) is 5.92 Å². The number of allylic oxidation sites excluding steroid dienone is 2. The number of ether oxygens (including phenoxy) is 1. The lowest BCUT2D eigenvalue weighted by atomic mass is 9.83. The summed E-state index contributed by atoms with van der Waals surface area (Å²) in [4.78, 5) is 20.9. The lowest BCUT2D eigenvalue weighted by Crippen LogP contribution is -2.43. The largest absolute Gasteiger partial charge is 0.453 e. The molecule has 0 radical (unpaired) electrons. The van der Waals surface area contributed by atoms with E-state index < -0.39 is 21.8 Å². The predicted octanol–water partition coefficient (Wildman–Crippen LogP) is 2.14. The number of rotatable bonds is 3. The Morgan fingerprint density at radius 3 is 2.87 bits per heavy atom. The molecule has 0 aromatic heterocycles. The van der Waals surface area contributed by atoms with E-state index in [0.29, 0.717) is 0 Å². The van der Waals surface area contributed by atoms with E-state index in [1.54, 1.807) is 18.2 Å². The van der Waals surface area contributed by atoms with Crippen LogP contribution in [0.15, 0.2) is 24.3 Å². The Kier molecular flexibility index (Phi) is 3.47. The number of nitrogens with zero attached hydrogens (tertiary/aromatic N) is 1. The van der Waals surface area contributed by atoms with Gasteiger partial charge in [0.2, 0.25) is 5.54 Å². The summed E-state index contributed by atoms with van der Waals surface area (Å²) < 4.78 is 4.56. The molecule has 0 spiro atoms. The molecule has 0 aromatic carbocycles. The minimum atomic E-state index is -1.25. The molecule has 0 aliphatic heterocycles. The van der Waals surface area contributed by atoms with Crippen molar-refractivity contribution in [3.05, 3.63) is 34.4 Å². The van der Waals surface area contributed by atoms with Gasteiger partial charge in [-0.1, -0.05) is 18.2 Å². The third-order valence-corrected chi connectivity index (χ3v) is 2.52. The van der Waals surface area contributed by atoms with Crippen LogP contribution >= 0.6 is 11.6 Å². The number of nitro groups is 1. The van der Waals surface area contributed by atoms with E-state index in [0.717, 1.165) is 0 Å². The second kappa shape index (κ2) is 4.44. The summed E-state index contributed by atoms with van der Waals surface area (Å²) >= 11 is 5.00. The second-order valence-corrected chi connectivity index (χ2v) is 3.69. The first-order chi connectivity index (χ1) is 6.97. The standard InChI is InChI=1S/C9H10ClNO4/c1-9(11(13)14)5-3-2-4-7(9)6-15-8(10)12/h2-5,7H,6H2,1H3. The van der Waals surface area contributed by atoms with Crippen molar-refractivity contribution in [3.8, 4) is 0 Å². The minimum absolute atomic E-state index is 0.0966. The molecule has 0 fully saturated rings. The van der Waals surface area contributed by atoms with Crippen LogP contribution in [0.25, 0.3) is 0 Å². The summed E-state index contributed by atoms with van der Waals surface area (Å²) in [5.41, 5.74) is -2.20. The van der Waals surface area contributed by atoms with Gasteiger partial charge in [0.1, 0.15) is 6.61 Å². The third-order valence-electron chi connectivity index (χ3n) is 2.41. The van der Waals surface area contributed by atoms with E-state index in [2.05, 4.69) is 4.74 Å². The van der Waals surface area contributed by atoms with E-state index in [9.17, 15) is 14.9 Å². The first kappa shape index (κ1) is 11.7. The molecule has 1 aliphatic rings. The smallest absolute Gasteiger partial charge is 0.403 e. The van der Waals surface area contributed by atoms with Crippen LogP contribution in [0.3, 0.4) is 0 Å². The molecule has 0 saturated carbocycles. The molecule has 5 nitrogen and oxygen atoms in total. The highest BCUT2D eigenvalue weighted by atomic mass is 35.5. The van der Waals surface area contributed by atoms with Gasteiger partial charge in [0.15, 0.2) is 0 Å². The van der Waals surface area contributed by atoms with Gasteiger partial charge >= 0.3 is 5.43 Å². The fraction of sp³-hybridized carbons (Fsp3) is 0.444. The molecule has 6 heteroatoms. The molecule has 0 bridgehead atoms. The maximum Gasteiger partial charge on any atom is 0.403 e. The molecule has 1 rings (SSSR count). The van der Waals surface area contributed by atoms with Crippen molar-refractivity contribution in [3.63, 3.8) is 0 Å². The van der Waals surface area contributed by atoms with E-state index in [-0.39, 0.29) is 6.61 Å². The van der Waals surface area contributed by atoms with Gasteiger partial charge in [-0.2, -0.15) is 0 Å². The molecular formula is C9H10ClNO4. The van der Waals surface area contributed by atoms with Gasteiger partial charge in [-0.25, -0.2) is 4.79 Å². The molecule has 15 heavy (non-hydrogen) atoms. The van der Waals surface area contributed by atoms with Crippen molar-refractivity contribution in [2.45, 2.75) is 12.5 Å². The fourth-order valence-electron chi connectivity index (χ4n) is 1.34. The van der Waals surface area contributed by atoms with Crippen LogP contribution in [0.1, 0.15) is 6.92 Å². The van der Waals surface area contributed by atoms with Gasteiger partial charge in [0.25, 0.3) is 0 Å². The van der Waals surface area contributed by atoms with E-state index in [1.165, 1.54) is 13.0 Å². The summed E-state index contributed by atoms with van der Waals surface area (Å²) in [5, 5.41) is 10.9. The molecule has 0 N–H and O–H groups in total. The SMILES string of the molecule is CC1([N+](=O)[O-])C=CC=CC1COC(=O)Cl. The number of hydrogen-bond donors (Lipinski definition) is 0. The van der Waals surface area contributed by atoms with Crippen molar-refractivity contribution in [1.29, 1.82) is 0 Å². The second-order valence-electron chi connectivity index (χ2n) is 3.38. The molecule has 0 aromatic rings. The number of carbonyl (C=O) groups is 1. The van der Waals surface area contributed by atoms with Crippen molar-refractivity contribution >= 4 is 17.0 Å². The van der Waals surface area contributed by atoms with Gasteiger partial charge < -0.3 is 4.74 Å². The molecule has 0 saturated heterocycles. The Labute approximate surface area is 91.5 Å². The van der Waals surface area contributed by atoms with Crippen LogP contribution in [0.5, 0.6) is 0 Å². The average molecular weight is 232 g/mol. The topological polar surface area (TPSA) is 69.4 Å². The van der Waals surface area contributed by atoms with Crippen LogP contribution in [-0.2, 0) is 4.74 Å². The zero-order chi connectivity index (χ0) is 11.5. The molecule has 2 atom stereocenters. The third kappa shape index (κ3) is 2.56. The lowest BCUT2D eigenvalue weighted by molar-refractivity contribution is -0.559. The van der Waals surface area contributed by atoms with Crippen LogP contribution < -0.4 is 0 Å². The van der Waals surface area contributed by atoms with Crippen LogP contribution in [-0.4, -0.2) is 22.5 Å². The Hall–Kier alpha value is -1.36. The highest BCUT2D eigenvalue weighted by Crippen LogP contribution is 2.27. The van der Waals surface area contributed by atoms with Crippen LogP contribution in [0.2, 0.25) is 0 Å². The highest BCUT2D eigenvalue weighted by molar-refractivity contribution is 6.61. The minimum Gasteiger partial charge on any atom is -0.453 e. The summed E-state index contributed by atoms with van der Waals surface area (Å²) in [6, 6.07) is 0. The van der Waals surface area contributed by atoms with E-state index in [4.69, 9.17) is 11.6 Å². The van der Waals surface area contributed by atoms with Gasteiger partial charge in [0, 0.05) is 23.4 Å². The Morgan fingerprint density at radius 1 is 1.67 bits per heavy atom. The molecular weight excluding hydrogens is 222 g/mol. The highest BCUT2D eigenvalue weighted by Gasteiger charge is 2.43. The Balaban J connectivity index is 2.77. The Bertz CT molecular complexity index is 339. The first-order valence-corrected chi connectivity index (χ1v) is 4.67. The number of hydrogen-bond acceptors (Lipinski definition) is 4. The van der Waals surface area contributed by atoms with Crippen molar-refractivity contribution < 1.29 is 14.5 Å². The number of halogens is 1. The van der Waals surface area contributed by atoms with Crippen LogP contribution in [0, 0.1) is 16.0 Å². The quantitative estimate of drug-likeness (QED) is 0.424. The fourth-order valence-corrected chi connectivity index (χ4v) is 1.41. The van der Waals surface area contributed by atoms with Gasteiger partial charge in [-0.3, -0.25) is 10.1 Å². The lowest BCUT2D eigenvalue weighted by Gasteiger charge is -2.26. The van der Waals surface area contributed by atoms with E-state index >= 15 is 0 Å². The number of carbonyl (C=O) groups excluding carboxylic acids is 1. The van der Waals surface area contributed by atoms with Crippen molar-refractivity contribution in [1.82, 2.24) is 0 Å². The summed E-state index contributed by atoms with van der Waals surface area (Å²) in [6.07, 6.45) is 6.38. The molecule has 2 unspecified atom stereocenters. The summed E-state index contributed by atoms with van der Waals surface area (Å²) in [6.45, 7) is 1.38. The zero-order valence-electron chi connectivity index (χ0n) is 8.05. The van der Waals surface area contributed by atoms with Gasteiger partial charge in [-0.15, -0.1) is 0 Å². The van der Waals surface area contributed by atoms with Gasteiger partial charge in [-0.05, 0) is 6.08 Å². The monoisotopic (exact) mass is 231 g/mol. The van der Waals surface area contributed by atoms with E-state index in [1.807, 2.05) is 0 Å². The molecule has 0 heterocycles. The first-order valence-electron chi connectivity index (χ1n) is 4.29. The molecule has 0 amide bonds.